The van der Waals surface area contributed by atoms with Gasteiger partial charge in [0.2, 0.25) is 6.79 Å². The van der Waals surface area contributed by atoms with Crippen LogP contribution >= 0.6 is 0 Å². The van der Waals surface area contributed by atoms with Crippen LogP contribution in [0.3, 0.4) is 0 Å². The fourth-order valence-electron chi connectivity index (χ4n) is 4.35. The van der Waals surface area contributed by atoms with Gasteiger partial charge in [0.15, 0.2) is 11.5 Å². The molecule has 132 valence electrons. The Hall–Kier alpha value is -1.30. The first kappa shape index (κ1) is 16.2. The zero-order chi connectivity index (χ0) is 16.4. The van der Waals surface area contributed by atoms with Crippen molar-refractivity contribution in [1.29, 1.82) is 0 Å². The van der Waals surface area contributed by atoms with Crippen molar-refractivity contribution in [3.05, 3.63) is 23.8 Å². The maximum Gasteiger partial charge on any atom is 0.231 e. The van der Waals surface area contributed by atoms with Gasteiger partial charge in [0.1, 0.15) is 0 Å². The van der Waals surface area contributed by atoms with Gasteiger partial charge in [-0.3, -0.25) is 4.90 Å². The van der Waals surface area contributed by atoms with Crippen LogP contribution in [0.4, 0.5) is 0 Å². The molecule has 3 heterocycles. The van der Waals surface area contributed by atoms with Gasteiger partial charge in [0.05, 0.1) is 0 Å². The van der Waals surface area contributed by atoms with Crippen LogP contribution in [-0.2, 0) is 6.54 Å². The molecule has 4 rings (SSSR count). The van der Waals surface area contributed by atoms with Crippen molar-refractivity contribution in [2.45, 2.75) is 25.8 Å². The molecule has 0 radical (unpaired) electrons. The topological polar surface area (TPSA) is 45.2 Å². The highest BCUT2D eigenvalue weighted by molar-refractivity contribution is 5.44. The highest BCUT2D eigenvalue weighted by Gasteiger charge is 2.33. The van der Waals surface area contributed by atoms with Crippen molar-refractivity contribution in [3.8, 4) is 11.5 Å². The van der Waals surface area contributed by atoms with Gasteiger partial charge in [-0.15, -0.1) is 0 Å². The Bertz CT molecular complexity index is 560. The van der Waals surface area contributed by atoms with Gasteiger partial charge in [-0.05, 0) is 55.5 Å². The van der Waals surface area contributed by atoms with Crippen LogP contribution in [0, 0.1) is 11.8 Å². The molecule has 1 N–H and O–H groups in total. The van der Waals surface area contributed by atoms with Crippen molar-refractivity contribution in [2.75, 3.05) is 46.1 Å². The molecule has 24 heavy (non-hydrogen) atoms. The number of aliphatic hydroxyl groups is 1. The number of hydrogen-bond acceptors (Lipinski definition) is 5. The number of ether oxygens (including phenoxy) is 2. The van der Waals surface area contributed by atoms with Gasteiger partial charge in [-0.25, -0.2) is 0 Å². The predicted octanol–water partition coefficient (Wildman–Crippen LogP) is 1.94. The van der Waals surface area contributed by atoms with Gasteiger partial charge >= 0.3 is 0 Å². The lowest BCUT2D eigenvalue weighted by Crippen LogP contribution is -2.37. The molecule has 0 saturated carbocycles. The Morgan fingerprint density at radius 3 is 2.58 bits per heavy atom. The maximum atomic E-state index is 9.79. The minimum atomic E-state index is 0.302. The molecule has 5 heteroatoms. The summed E-state index contributed by atoms with van der Waals surface area (Å²) >= 11 is 0. The highest BCUT2D eigenvalue weighted by atomic mass is 16.7. The smallest absolute Gasteiger partial charge is 0.231 e. The molecule has 3 aliphatic rings. The first-order chi connectivity index (χ1) is 11.8. The minimum Gasteiger partial charge on any atom is -0.454 e. The number of aliphatic hydroxyl groups excluding tert-OH is 1. The maximum absolute atomic E-state index is 9.79. The van der Waals surface area contributed by atoms with Crippen molar-refractivity contribution >= 4 is 0 Å². The van der Waals surface area contributed by atoms with E-state index in [1.807, 2.05) is 6.07 Å². The predicted molar refractivity (Wildman–Crippen MR) is 92.2 cm³/mol. The van der Waals surface area contributed by atoms with Gasteiger partial charge in [-0.1, -0.05) is 12.5 Å². The Morgan fingerprint density at radius 1 is 0.958 bits per heavy atom. The van der Waals surface area contributed by atoms with E-state index in [9.17, 15) is 5.11 Å². The highest BCUT2D eigenvalue weighted by Crippen LogP contribution is 2.34. The first-order valence-electron chi connectivity index (χ1n) is 9.26. The molecule has 2 atom stereocenters. The van der Waals surface area contributed by atoms with Crippen molar-refractivity contribution in [2.24, 2.45) is 11.8 Å². The normalized spacial score (nSPS) is 27.7. The summed E-state index contributed by atoms with van der Waals surface area (Å²) in [5.41, 5.74) is 1.26. The van der Waals surface area contributed by atoms with E-state index in [2.05, 4.69) is 21.9 Å². The SMILES string of the molecule is OC[C@@H]1CN(Cc2ccc3c(c2)OCO3)C[C@@H]1CN1CCCCC1. The molecule has 0 amide bonds. The van der Waals surface area contributed by atoms with Crippen molar-refractivity contribution in [3.63, 3.8) is 0 Å². The Labute approximate surface area is 144 Å². The van der Waals surface area contributed by atoms with Crippen molar-refractivity contribution in [1.82, 2.24) is 9.80 Å². The molecule has 0 aliphatic carbocycles. The first-order valence-corrected chi connectivity index (χ1v) is 9.26. The van der Waals surface area contributed by atoms with E-state index in [1.165, 1.54) is 37.9 Å². The van der Waals surface area contributed by atoms with Gasteiger partial charge in [-0.2, -0.15) is 0 Å². The summed E-state index contributed by atoms with van der Waals surface area (Å²) in [7, 11) is 0. The number of likely N-dealkylation sites (tertiary alicyclic amines) is 2. The summed E-state index contributed by atoms with van der Waals surface area (Å²) < 4.78 is 10.9. The average Bonchev–Trinajstić information content (AvgIpc) is 3.22. The molecule has 1 aromatic carbocycles. The van der Waals surface area contributed by atoms with Gasteiger partial charge in [0, 0.05) is 32.8 Å². The third kappa shape index (κ3) is 3.53. The van der Waals surface area contributed by atoms with E-state index < -0.39 is 0 Å². The lowest BCUT2D eigenvalue weighted by molar-refractivity contribution is 0.149. The Balaban J connectivity index is 1.36. The van der Waals surface area contributed by atoms with E-state index in [0.717, 1.165) is 37.7 Å². The molecular formula is C19H28N2O3. The van der Waals surface area contributed by atoms with E-state index in [-0.39, 0.29) is 0 Å². The molecular weight excluding hydrogens is 304 g/mol. The fourth-order valence-corrected chi connectivity index (χ4v) is 4.35. The summed E-state index contributed by atoms with van der Waals surface area (Å²) in [6.45, 7) is 7.23. The quantitative estimate of drug-likeness (QED) is 0.893. The average molecular weight is 332 g/mol. The van der Waals surface area contributed by atoms with Crippen molar-refractivity contribution < 1.29 is 14.6 Å². The van der Waals surface area contributed by atoms with Gasteiger partial charge in [0.25, 0.3) is 0 Å². The summed E-state index contributed by atoms with van der Waals surface area (Å²) in [6.07, 6.45) is 4.04. The second kappa shape index (κ2) is 7.30. The summed E-state index contributed by atoms with van der Waals surface area (Å²) in [5, 5.41) is 9.79. The third-order valence-electron chi connectivity index (χ3n) is 5.67. The van der Waals surface area contributed by atoms with E-state index >= 15 is 0 Å². The van der Waals surface area contributed by atoms with E-state index in [1.54, 1.807) is 0 Å². The zero-order valence-electron chi connectivity index (χ0n) is 14.3. The monoisotopic (exact) mass is 332 g/mol. The number of hydrogen-bond donors (Lipinski definition) is 1. The number of fused-ring (bicyclic) bond motifs is 1. The molecule has 2 saturated heterocycles. The van der Waals surface area contributed by atoms with E-state index in [0.29, 0.717) is 25.2 Å². The second-order valence-electron chi connectivity index (χ2n) is 7.45. The summed E-state index contributed by atoms with van der Waals surface area (Å²) in [5.74, 6) is 2.69. The molecule has 2 fully saturated rings. The van der Waals surface area contributed by atoms with Crippen LogP contribution in [0.25, 0.3) is 0 Å². The largest absolute Gasteiger partial charge is 0.454 e. The van der Waals surface area contributed by atoms with E-state index in [4.69, 9.17) is 9.47 Å². The number of benzene rings is 1. The van der Waals surface area contributed by atoms with Crippen LogP contribution in [0.15, 0.2) is 18.2 Å². The van der Waals surface area contributed by atoms with Crippen LogP contribution in [0.2, 0.25) is 0 Å². The van der Waals surface area contributed by atoms with Crippen LogP contribution < -0.4 is 9.47 Å². The molecule has 3 aliphatic heterocycles. The molecule has 5 nitrogen and oxygen atoms in total. The Kier molecular flexibility index (Phi) is 4.92. The van der Waals surface area contributed by atoms with Crippen LogP contribution in [-0.4, -0.2) is 61.0 Å². The summed E-state index contributed by atoms with van der Waals surface area (Å²) in [4.78, 5) is 5.08. The minimum absolute atomic E-state index is 0.302. The summed E-state index contributed by atoms with van der Waals surface area (Å²) in [6, 6.07) is 6.22. The molecule has 0 unspecified atom stereocenters. The van der Waals surface area contributed by atoms with Crippen LogP contribution in [0.1, 0.15) is 24.8 Å². The molecule has 0 spiro atoms. The fraction of sp³-hybridized carbons (Fsp3) is 0.684. The zero-order valence-corrected chi connectivity index (χ0v) is 14.3. The van der Waals surface area contributed by atoms with Crippen LogP contribution in [0.5, 0.6) is 11.5 Å². The molecule has 0 bridgehead atoms. The molecule has 0 aromatic heterocycles. The van der Waals surface area contributed by atoms with Gasteiger partial charge < -0.3 is 19.5 Å². The Morgan fingerprint density at radius 2 is 1.75 bits per heavy atom. The number of rotatable bonds is 5. The second-order valence-corrected chi connectivity index (χ2v) is 7.45. The number of nitrogens with zero attached hydrogens (tertiary/aromatic N) is 2. The lowest BCUT2D eigenvalue weighted by Gasteiger charge is -2.30. The lowest BCUT2D eigenvalue weighted by atomic mass is 9.95. The third-order valence-corrected chi connectivity index (χ3v) is 5.67. The number of piperidine rings is 1. The standard InChI is InChI=1S/C19H28N2O3/c22-13-17-12-21(11-16(17)10-20-6-2-1-3-7-20)9-15-4-5-18-19(8-15)24-14-23-18/h4-5,8,16-17,22H,1-3,6-7,9-14H2/t16-,17-/m0/s1. The molecule has 1 aromatic rings.